The second kappa shape index (κ2) is 9.67. The normalized spacial score (nSPS) is 12.7. The highest BCUT2D eigenvalue weighted by atomic mass is 16.3. The number of aliphatic hydroxyl groups is 1. The molecule has 5 nitrogen and oxygen atoms in total. The van der Waals surface area contributed by atoms with Gasteiger partial charge in [0.25, 0.3) is 5.91 Å². The van der Waals surface area contributed by atoms with E-state index in [0.29, 0.717) is 6.54 Å². The quantitative estimate of drug-likeness (QED) is 0.330. The van der Waals surface area contributed by atoms with Gasteiger partial charge in [0, 0.05) is 18.8 Å². The first kappa shape index (κ1) is 15.5. The molecule has 5 heteroatoms. The molecule has 0 fully saturated rings. The first-order valence-electron chi connectivity index (χ1n) is 5.94. The molecule has 0 aromatic rings. The Balaban J connectivity index is 4.25. The summed E-state index contributed by atoms with van der Waals surface area (Å²) in [7, 11) is 0. The number of nitrogens with one attached hydrogen (secondary N) is 2. The summed E-state index contributed by atoms with van der Waals surface area (Å²) in [6.45, 7) is 4.49. The van der Waals surface area contributed by atoms with Crippen LogP contribution in [0.25, 0.3) is 0 Å². The van der Waals surface area contributed by atoms with Gasteiger partial charge in [0.1, 0.15) is 11.6 Å². The van der Waals surface area contributed by atoms with Gasteiger partial charge in [-0.2, -0.15) is 5.26 Å². The molecule has 0 heterocycles. The van der Waals surface area contributed by atoms with Crippen molar-refractivity contribution < 1.29 is 9.90 Å². The van der Waals surface area contributed by atoms with Gasteiger partial charge in [-0.3, -0.25) is 4.79 Å². The molecule has 0 bridgehead atoms. The molecule has 0 spiro atoms. The number of amides is 1. The van der Waals surface area contributed by atoms with Crippen molar-refractivity contribution in [2.45, 2.75) is 39.2 Å². The summed E-state index contributed by atoms with van der Waals surface area (Å²) in [6, 6.07) is 1.71. The lowest BCUT2D eigenvalue weighted by Gasteiger charge is -2.11. The number of unbranched alkanes of at least 4 members (excludes halogenated alkanes) is 1. The minimum absolute atomic E-state index is 0.0246. The lowest BCUT2D eigenvalue weighted by molar-refractivity contribution is -0.117. The molecule has 1 atom stereocenters. The predicted octanol–water partition coefficient (Wildman–Crippen LogP) is 0.671. The monoisotopic (exact) mass is 239 g/mol. The van der Waals surface area contributed by atoms with Crippen LogP contribution in [0.1, 0.15) is 33.1 Å². The van der Waals surface area contributed by atoms with Gasteiger partial charge >= 0.3 is 0 Å². The van der Waals surface area contributed by atoms with E-state index in [1.165, 1.54) is 6.20 Å². The van der Waals surface area contributed by atoms with Crippen molar-refractivity contribution in [1.82, 2.24) is 10.6 Å². The summed E-state index contributed by atoms with van der Waals surface area (Å²) >= 11 is 0. The maximum Gasteiger partial charge on any atom is 0.263 e. The molecular weight excluding hydrogens is 218 g/mol. The fraction of sp³-hybridized carbons (Fsp3) is 0.667. The van der Waals surface area contributed by atoms with E-state index in [9.17, 15) is 4.79 Å². The Bertz CT molecular complexity index is 291. The molecular formula is C12H21N3O2. The topological polar surface area (TPSA) is 85.2 Å². The van der Waals surface area contributed by atoms with Crippen LogP contribution in [0.4, 0.5) is 0 Å². The van der Waals surface area contributed by atoms with E-state index in [4.69, 9.17) is 10.4 Å². The van der Waals surface area contributed by atoms with E-state index in [-0.39, 0.29) is 24.1 Å². The Kier molecular flexibility index (Phi) is 8.79. The predicted molar refractivity (Wildman–Crippen MR) is 65.9 cm³/mol. The minimum atomic E-state index is -0.374. The molecule has 0 aliphatic carbocycles. The van der Waals surface area contributed by atoms with Gasteiger partial charge < -0.3 is 15.7 Å². The highest BCUT2D eigenvalue weighted by Gasteiger charge is 2.08. The number of hydrogen-bond donors (Lipinski definition) is 3. The molecule has 0 saturated heterocycles. The van der Waals surface area contributed by atoms with E-state index in [2.05, 4.69) is 10.6 Å². The van der Waals surface area contributed by atoms with Gasteiger partial charge in [-0.1, -0.05) is 20.3 Å². The van der Waals surface area contributed by atoms with Gasteiger partial charge in [0.15, 0.2) is 0 Å². The van der Waals surface area contributed by atoms with Crippen LogP contribution < -0.4 is 10.6 Å². The average Bonchev–Trinajstić information content (AvgIpc) is 2.35. The molecule has 0 radical (unpaired) electrons. The Morgan fingerprint density at radius 3 is 2.71 bits per heavy atom. The smallest absolute Gasteiger partial charge is 0.263 e. The standard InChI is InChI=1S/C12H21N3O2/c1-3-5-6-14-12(17)10(7-13)8-15-11(4-2)9-16/h8,11,15-16H,3-6,9H2,1-2H3,(H,14,17)/b10-8-. The van der Waals surface area contributed by atoms with Crippen molar-refractivity contribution in [1.29, 1.82) is 5.26 Å². The summed E-state index contributed by atoms with van der Waals surface area (Å²) in [4.78, 5) is 11.5. The molecule has 1 amide bonds. The highest BCUT2D eigenvalue weighted by Crippen LogP contribution is 1.95. The Morgan fingerprint density at radius 1 is 1.53 bits per heavy atom. The maximum absolute atomic E-state index is 11.5. The van der Waals surface area contributed by atoms with E-state index < -0.39 is 0 Å². The van der Waals surface area contributed by atoms with Crippen molar-refractivity contribution in [3.8, 4) is 6.07 Å². The molecule has 0 saturated carbocycles. The molecule has 0 aromatic carbocycles. The lowest BCUT2D eigenvalue weighted by atomic mass is 10.2. The van der Waals surface area contributed by atoms with Crippen molar-refractivity contribution in [2.75, 3.05) is 13.2 Å². The maximum atomic E-state index is 11.5. The van der Waals surface area contributed by atoms with Crippen molar-refractivity contribution >= 4 is 5.91 Å². The lowest BCUT2D eigenvalue weighted by Crippen LogP contribution is -2.30. The van der Waals surface area contributed by atoms with Crippen molar-refractivity contribution in [2.24, 2.45) is 0 Å². The SMILES string of the molecule is CCCCNC(=O)/C(C#N)=C\NC(CC)CO. The number of hydrogen-bond acceptors (Lipinski definition) is 4. The second-order valence-corrected chi connectivity index (χ2v) is 3.73. The molecule has 1 unspecified atom stereocenters. The van der Waals surface area contributed by atoms with Crippen LogP contribution in [0.3, 0.4) is 0 Å². The van der Waals surface area contributed by atoms with Crippen LogP contribution in [-0.4, -0.2) is 30.2 Å². The third-order valence-electron chi connectivity index (χ3n) is 2.36. The Hall–Kier alpha value is -1.54. The zero-order valence-corrected chi connectivity index (χ0v) is 10.5. The fourth-order valence-electron chi connectivity index (χ4n) is 1.12. The molecule has 0 rings (SSSR count). The summed E-state index contributed by atoms with van der Waals surface area (Å²) in [5.41, 5.74) is 0.0352. The second-order valence-electron chi connectivity index (χ2n) is 3.73. The molecule has 17 heavy (non-hydrogen) atoms. The molecule has 0 aliphatic heterocycles. The number of nitriles is 1. The first-order valence-corrected chi connectivity index (χ1v) is 5.94. The molecule has 0 aromatic heterocycles. The van der Waals surface area contributed by atoms with Crippen LogP contribution in [-0.2, 0) is 4.79 Å². The zero-order valence-electron chi connectivity index (χ0n) is 10.5. The highest BCUT2D eigenvalue weighted by molar-refractivity contribution is 5.97. The van der Waals surface area contributed by atoms with Crippen LogP contribution >= 0.6 is 0 Å². The van der Waals surface area contributed by atoms with Crippen LogP contribution in [0.5, 0.6) is 0 Å². The fourth-order valence-corrected chi connectivity index (χ4v) is 1.12. The summed E-state index contributed by atoms with van der Waals surface area (Å²) in [6.07, 6.45) is 3.98. The van der Waals surface area contributed by atoms with Gasteiger partial charge in [-0.25, -0.2) is 0 Å². The Labute approximate surface area is 103 Å². The van der Waals surface area contributed by atoms with Crippen molar-refractivity contribution in [3.63, 3.8) is 0 Å². The van der Waals surface area contributed by atoms with Crippen molar-refractivity contribution in [3.05, 3.63) is 11.8 Å². The third-order valence-corrected chi connectivity index (χ3v) is 2.36. The van der Waals surface area contributed by atoms with Gasteiger partial charge in [0.05, 0.1) is 6.61 Å². The van der Waals surface area contributed by atoms with Gasteiger partial charge in [-0.05, 0) is 12.8 Å². The first-order chi connectivity index (χ1) is 8.19. The number of carbonyl (C=O) groups excluding carboxylic acids is 1. The average molecular weight is 239 g/mol. The minimum Gasteiger partial charge on any atom is -0.394 e. The van der Waals surface area contributed by atoms with Gasteiger partial charge in [-0.15, -0.1) is 0 Å². The van der Waals surface area contributed by atoms with E-state index in [0.717, 1.165) is 19.3 Å². The van der Waals surface area contributed by atoms with Gasteiger partial charge in [0.2, 0.25) is 0 Å². The summed E-state index contributed by atoms with van der Waals surface area (Å²) in [5, 5.41) is 23.3. The Morgan fingerprint density at radius 2 is 2.24 bits per heavy atom. The van der Waals surface area contributed by atoms with E-state index >= 15 is 0 Å². The van der Waals surface area contributed by atoms with E-state index in [1.807, 2.05) is 19.9 Å². The number of nitrogens with zero attached hydrogens (tertiary/aromatic N) is 1. The van der Waals surface area contributed by atoms with Crippen LogP contribution in [0.2, 0.25) is 0 Å². The van der Waals surface area contributed by atoms with Crippen LogP contribution in [0.15, 0.2) is 11.8 Å². The summed E-state index contributed by atoms with van der Waals surface area (Å²) < 4.78 is 0. The third kappa shape index (κ3) is 6.59. The van der Waals surface area contributed by atoms with E-state index in [1.54, 1.807) is 0 Å². The molecule has 3 N–H and O–H groups in total. The molecule has 96 valence electrons. The summed E-state index contributed by atoms with van der Waals surface area (Å²) in [5.74, 6) is -0.374. The van der Waals surface area contributed by atoms with Crippen LogP contribution in [0, 0.1) is 11.3 Å². The largest absolute Gasteiger partial charge is 0.394 e. The zero-order chi connectivity index (χ0) is 13.1. The molecule has 0 aliphatic rings. The number of rotatable bonds is 8. The number of carbonyl (C=O) groups is 1. The number of aliphatic hydroxyl groups excluding tert-OH is 1.